The van der Waals surface area contributed by atoms with E-state index >= 15 is 0 Å². The van der Waals surface area contributed by atoms with Crippen molar-refractivity contribution in [2.75, 3.05) is 7.11 Å². The lowest BCUT2D eigenvalue weighted by molar-refractivity contribution is -0.0729. The molecule has 1 unspecified atom stereocenters. The summed E-state index contributed by atoms with van der Waals surface area (Å²) in [6.07, 6.45) is 0.458. The lowest BCUT2D eigenvalue weighted by Crippen LogP contribution is -2.18. The largest absolute Gasteiger partial charge is 0.508 e. The van der Waals surface area contributed by atoms with E-state index in [1.165, 1.54) is 12.8 Å². The van der Waals surface area contributed by atoms with Crippen LogP contribution in [-0.2, 0) is 24.1 Å². The number of hydrogen-bond donors (Lipinski definition) is 2. The molecule has 0 saturated heterocycles. The van der Waals surface area contributed by atoms with Crippen molar-refractivity contribution in [1.82, 2.24) is 4.57 Å². The topological polar surface area (TPSA) is 54.6 Å². The van der Waals surface area contributed by atoms with Crippen LogP contribution in [0.5, 0.6) is 5.75 Å². The number of benzene rings is 2. The molecule has 3 aromatic rings. The molecule has 0 amide bonds. The molecule has 2 heterocycles. The van der Waals surface area contributed by atoms with Crippen LogP contribution in [0.2, 0.25) is 5.02 Å². The van der Waals surface area contributed by atoms with Gasteiger partial charge in [-0.3, -0.25) is 0 Å². The van der Waals surface area contributed by atoms with E-state index in [1.54, 1.807) is 12.1 Å². The highest BCUT2D eigenvalue weighted by atomic mass is 35.5. The van der Waals surface area contributed by atoms with Crippen molar-refractivity contribution in [2.45, 2.75) is 39.5 Å². The van der Waals surface area contributed by atoms with Crippen LogP contribution in [0.25, 0.3) is 22.3 Å². The lowest BCUT2D eigenvalue weighted by Gasteiger charge is -2.20. The fraction of sp³-hybridized carbons (Fsp3) is 0.333. The molecule has 1 atom stereocenters. The summed E-state index contributed by atoms with van der Waals surface area (Å²) in [6.45, 7) is 5.41. The minimum atomic E-state index is -0.878. The molecule has 152 valence electrons. The Kier molecular flexibility index (Phi) is 5.19. The highest BCUT2D eigenvalue weighted by Crippen LogP contribution is 2.47. The standard InChI is InChI=1S/C24H26ClNO3/c1-24(2)13-20-23(16-6-10-18(27)11-7-16)22(15-4-8-17(25)9-5-15)19(26(20)14-24)12-21(28)29-3/h4-11,21,27-28H,12-14H2,1-3H3. The number of aliphatic hydroxyl groups is 1. The van der Waals surface area contributed by atoms with Crippen LogP contribution in [-0.4, -0.2) is 28.2 Å². The average Bonchev–Trinajstić information content (AvgIpc) is 3.14. The summed E-state index contributed by atoms with van der Waals surface area (Å²) in [5, 5.41) is 20.8. The maximum atomic E-state index is 10.3. The van der Waals surface area contributed by atoms with Crippen molar-refractivity contribution in [2.24, 2.45) is 5.41 Å². The highest BCUT2D eigenvalue weighted by molar-refractivity contribution is 6.30. The van der Waals surface area contributed by atoms with Gasteiger partial charge in [-0.05, 0) is 47.2 Å². The summed E-state index contributed by atoms with van der Waals surface area (Å²) in [6, 6.07) is 15.2. The van der Waals surface area contributed by atoms with Gasteiger partial charge in [-0.1, -0.05) is 49.7 Å². The number of aliphatic hydroxyl groups excluding tert-OH is 1. The Hall–Kier alpha value is -2.27. The number of nitrogens with zero attached hydrogens (tertiary/aromatic N) is 1. The number of fused-ring (bicyclic) bond motifs is 1. The van der Waals surface area contributed by atoms with Crippen LogP contribution >= 0.6 is 11.6 Å². The summed E-state index contributed by atoms with van der Waals surface area (Å²) >= 11 is 6.14. The zero-order valence-corrected chi connectivity index (χ0v) is 17.7. The van der Waals surface area contributed by atoms with Gasteiger partial charge in [0.15, 0.2) is 6.29 Å². The van der Waals surface area contributed by atoms with Gasteiger partial charge in [0.05, 0.1) is 0 Å². The Morgan fingerprint density at radius 3 is 2.24 bits per heavy atom. The van der Waals surface area contributed by atoms with Crippen molar-refractivity contribution in [3.8, 4) is 28.0 Å². The Morgan fingerprint density at radius 1 is 1.03 bits per heavy atom. The third kappa shape index (κ3) is 3.80. The second-order valence-corrected chi connectivity index (χ2v) is 8.96. The van der Waals surface area contributed by atoms with Gasteiger partial charge in [0.2, 0.25) is 0 Å². The number of aromatic hydroxyl groups is 1. The quantitative estimate of drug-likeness (QED) is 0.562. The Bertz CT molecular complexity index is 1020. The first-order valence-corrected chi connectivity index (χ1v) is 10.2. The zero-order valence-electron chi connectivity index (χ0n) is 16.9. The van der Waals surface area contributed by atoms with Gasteiger partial charge in [0, 0.05) is 47.6 Å². The summed E-state index contributed by atoms with van der Waals surface area (Å²) in [5.41, 5.74) is 6.79. The van der Waals surface area contributed by atoms with Crippen LogP contribution in [0.1, 0.15) is 25.2 Å². The van der Waals surface area contributed by atoms with Crippen LogP contribution in [0, 0.1) is 5.41 Å². The Balaban J connectivity index is 2.00. The van der Waals surface area contributed by atoms with Gasteiger partial charge in [0.25, 0.3) is 0 Å². The predicted octanol–water partition coefficient (Wildman–Crippen LogP) is 5.27. The van der Waals surface area contributed by atoms with Gasteiger partial charge in [-0.15, -0.1) is 0 Å². The van der Waals surface area contributed by atoms with Crippen molar-refractivity contribution in [1.29, 1.82) is 0 Å². The van der Waals surface area contributed by atoms with Crippen LogP contribution in [0.3, 0.4) is 0 Å². The second-order valence-electron chi connectivity index (χ2n) is 8.52. The molecule has 0 radical (unpaired) electrons. The van der Waals surface area contributed by atoms with Crippen molar-refractivity contribution in [3.05, 3.63) is 64.9 Å². The fourth-order valence-corrected chi connectivity index (χ4v) is 4.49. The molecule has 0 spiro atoms. The number of rotatable bonds is 5. The number of ether oxygens (including phenoxy) is 1. The molecule has 1 aliphatic rings. The van der Waals surface area contributed by atoms with Crippen molar-refractivity contribution < 1.29 is 14.9 Å². The molecule has 4 rings (SSSR count). The van der Waals surface area contributed by atoms with E-state index in [4.69, 9.17) is 16.3 Å². The number of phenolic OH excluding ortho intramolecular Hbond substituents is 1. The number of methoxy groups -OCH3 is 1. The van der Waals surface area contributed by atoms with E-state index in [0.717, 1.165) is 40.9 Å². The van der Waals surface area contributed by atoms with Crippen LogP contribution in [0.4, 0.5) is 0 Å². The van der Waals surface area contributed by atoms with E-state index in [2.05, 4.69) is 18.4 Å². The van der Waals surface area contributed by atoms with Gasteiger partial charge >= 0.3 is 0 Å². The number of hydrogen-bond acceptors (Lipinski definition) is 3. The third-order valence-electron chi connectivity index (χ3n) is 5.64. The number of aromatic nitrogens is 1. The van der Waals surface area contributed by atoms with Crippen molar-refractivity contribution in [3.63, 3.8) is 0 Å². The molecule has 4 nitrogen and oxygen atoms in total. The molecule has 2 N–H and O–H groups in total. The monoisotopic (exact) mass is 411 g/mol. The van der Waals surface area contributed by atoms with Gasteiger partial charge in [0.1, 0.15) is 5.75 Å². The van der Waals surface area contributed by atoms with E-state index in [0.29, 0.717) is 11.4 Å². The first-order valence-electron chi connectivity index (χ1n) is 9.79. The molecule has 1 aromatic heterocycles. The van der Waals surface area contributed by atoms with E-state index in [1.807, 2.05) is 36.4 Å². The average molecular weight is 412 g/mol. The SMILES string of the molecule is COC(O)Cc1c(-c2ccc(Cl)cc2)c(-c2ccc(O)cc2)c2n1CC(C)(C)C2. The molecule has 0 saturated carbocycles. The molecule has 0 aliphatic carbocycles. The summed E-state index contributed by atoms with van der Waals surface area (Å²) in [4.78, 5) is 0. The number of halogens is 1. The third-order valence-corrected chi connectivity index (χ3v) is 5.89. The lowest BCUT2D eigenvalue weighted by atomic mass is 9.86. The highest BCUT2D eigenvalue weighted by Gasteiger charge is 2.36. The Morgan fingerprint density at radius 2 is 1.62 bits per heavy atom. The minimum absolute atomic E-state index is 0.131. The van der Waals surface area contributed by atoms with E-state index < -0.39 is 6.29 Å². The van der Waals surface area contributed by atoms with Gasteiger partial charge < -0.3 is 19.5 Å². The number of phenols is 1. The molecule has 29 heavy (non-hydrogen) atoms. The summed E-state index contributed by atoms with van der Waals surface area (Å²) in [7, 11) is 1.52. The molecule has 0 fully saturated rings. The fourth-order valence-electron chi connectivity index (χ4n) is 4.36. The zero-order chi connectivity index (χ0) is 20.8. The minimum Gasteiger partial charge on any atom is -0.508 e. The van der Waals surface area contributed by atoms with Gasteiger partial charge in [-0.2, -0.15) is 0 Å². The maximum Gasteiger partial charge on any atom is 0.159 e. The first-order chi connectivity index (χ1) is 13.8. The predicted molar refractivity (Wildman–Crippen MR) is 116 cm³/mol. The first kappa shape index (κ1) is 20.0. The van der Waals surface area contributed by atoms with Crippen LogP contribution < -0.4 is 0 Å². The molecule has 0 bridgehead atoms. The van der Waals surface area contributed by atoms with Gasteiger partial charge in [-0.25, -0.2) is 0 Å². The maximum absolute atomic E-state index is 10.3. The summed E-state index contributed by atoms with van der Waals surface area (Å²) in [5.74, 6) is 0.244. The molecule has 2 aromatic carbocycles. The molecular formula is C24H26ClNO3. The van der Waals surface area contributed by atoms with E-state index in [-0.39, 0.29) is 11.2 Å². The molecular weight excluding hydrogens is 386 g/mol. The van der Waals surface area contributed by atoms with Crippen LogP contribution in [0.15, 0.2) is 48.5 Å². The Labute approximate surface area is 176 Å². The van der Waals surface area contributed by atoms with E-state index in [9.17, 15) is 10.2 Å². The molecule has 1 aliphatic heterocycles. The summed E-state index contributed by atoms with van der Waals surface area (Å²) < 4.78 is 7.54. The van der Waals surface area contributed by atoms with Crippen molar-refractivity contribution >= 4 is 11.6 Å². The smallest absolute Gasteiger partial charge is 0.159 e. The normalized spacial score (nSPS) is 16.0. The second kappa shape index (κ2) is 7.52. The molecule has 5 heteroatoms.